The van der Waals surface area contributed by atoms with Crippen LogP contribution in [0.3, 0.4) is 0 Å². The van der Waals surface area contributed by atoms with E-state index < -0.39 is 0 Å². The highest BCUT2D eigenvalue weighted by molar-refractivity contribution is 9.10. The van der Waals surface area contributed by atoms with E-state index in [9.17, 15) is 4.79 Å². The van der Waals surface area contributed by atoms with Crippen molar-refractivity contribution >= 4 is 27.7 Å². The van der Waals surface area contributed by atoms with Crippen molar-refractivity contribution in [1.29, 1.82) is 0 Å². The van der Waals surface area contributed by atoms with E-state index in [2.05, 4.69) is 38.1 Å². The van der Waals surface area contributed by atoms with E-state index in [1.165, 1.54) is 25.7 Å². The molecule has 2 aromatic rings. The maximum atomic E-state index is 12.6. The monoisotopic (exact) mass is 427 g/mol. The summed E-state index contributed by atoms with van der Waals surface area (Å²) in [6.45, 7) is 4.35. The molecule has 2 fully saturated rings. The van der Waals surface area contributed by atoms with Crippen LogP contribution in [0.1, 0.15) is 61.5 Å². The average molecular weight is 428 g/mol. The molecule has 2 saturated heterocycles. The van der Waals surface area contributed by atoms with Gasteiger partial charge in [-0.05, 0) is 68.4 Å². The summed E-state index contributed by atoms with van der Waals surface area (Å²) < 4.78 is 1.03. The van der Waals surface area contributed by atoms with Crippen molar-refractivity contribution in [3.63, 3.8) is 0 Å². The van der Waals surface area contributed by atoms with Gasteiger partial charge < -0.3 is 10.2 Å². The Balaban J connectivity index is 1.43. The molecule has 2 aliphatic heterocycles. The first-order chi connectivity index (χ1) is 13.0. The number of fused-ring (bicyclic) bond motifs is 2. The molecule has 0 radical (unpaired) electrons. The van der Waals surface area contributed by atoms with Gasteiger partial charge in [-0.3, -0.25) is 4.79 Å². The second-order valence-electron chi connectivity index (χ2n) is 8.02. The van der Waals surface area contributed by atoms with Crippen LogP contribution in [0, 0.1) is 5.92 Å². The number of rotatable bonds is 4. The fourth-order valence-corrected chi connectivity index (χ4v) is 4.88. The Morgan fingerprint density at radius 3 is 2.41 bits per heavy atom. The number of nitrogens with one attached hydrogen (secondary N) is 1. The Morgan fingerprint density at radius 1 is 1.15 bits per heavy atom. The van der Waals surface area contributed by atoms with E-state index in [1.807, 2.05) is 43.3 Å². The van der Waals surface area contributed by atoms with E-state index in [0.29, 0.717) is 17.6 Å². The van der Waals surface area contributed by atoms with E-state index in [0.717, 1.165) is 21.8 Å². The third kappa shape index (κ3) is 3.88. The topological polar surface area (TPSA) is 45.2 Å². The van der Waals surface area contributed by atoms with Crippen molar-refractivity contribution in [1.82, 2.24) is 10.3 Å². The third-order valence-electron chi connectivity index (χ3n) is 5.96. The van der Waals surface area contributed by atoms with Crippen LogP contribution in [0.25, 0.3) is 0 Å². The third-order valence-corrected chi connectivity index (χ3v) is 6.49. The minimum Gasteiger partial charge on any atom is -0.351 e. The normalized spacial score (nSPS) is 25.3. The van der Waals surface area contributed by atoms with Crippen molar-refractivity contribution < 1.29 is 4.79 Å². The summed E-state index contributed by atoms with van der Waals surface area (Å²) in [6.07, 6.45) is 6.76. The van der Waals surface area contributed by atoms with Gasteiger partial charge in [0, 0.05) is 22.8 Å². The Kier molecular flexibility index (Phi) is 5.22. The fraction of sp³-hybridized carbons (Fsp3) is 0.455. The molecule has 1 aromatic heterocycles. The smallest absolute Gasteiger partial charge is 0.253 e. The summed E-state index contributed by atoms with van der Waals surface area (Å²) in [5.41, 5.74) is 1.69. The van der Waals surface area contributed by atoms with E-state index in [1.54, 1.807) is 6.20 Å². The summed E-state index contributed by atoms with van der Waals surface area (Å²) in [5.74, 6) is 1.75. The number of nitrogens with zero attached hydrogens (tertiary/aromatic N) is 2. The molecular formula is C22H26BrN3O. The molecule has 4 rings (SSSR count). The molecule has 3 unspecified atom stereocenters. The Hall–Kier alpha value is -1.88. The van der Waals surface area contributed by atoms with Crippen LogP contribution in [-0.4, -0.2) is 23.0 Å². The van der Waals surface area contributed by atoms with Gasteiger partial charge in [0.05, 0.1) is 11.6 Å². The van der Waals surface area contributed by atoms with Gasteiger partial charge in [-0.2, -0.15) is 0 Å². The SMILES string of the molecule is CC1CC2CCC(C1)N2c1ccc(C(=O)NC(C)c2ccc(Br)cc2)cn1. The zero-order valence-electron chi connectivity index (χ0n) is 15.9. The van der Waals surface area contributed by atoms with Crippen LogP contribution in [0.2, 0.25) is 0 Å². The van der Waals surface area contributed by atoms with Crippen molar-refractivity contribution in [2.75, 3.05) is 4.90 Å². The van der Waals surface area contributed by atoms with Crippen LogP contribution in [0.5, 0.6) is 0 Å². The fourth-order valence-electron chi connectivity index (χ4n) is 4.61. The first kappa shape index (κ1) is 18.5. The summed E-state index contributed by atoms with van der Waals surface area (Å²) in [4.78, 5) is 19.7. The number of pyridine rings is 1. The molecular weight excluding hydrogens is 402 g/mol. The second-order valence-corrected chi connectivity index (χ2v) is 8.94. The number of amides is 1. The lowest BCUT2D eigenvalue weighted by Crippen LogP contribution is -2.42. The Labute approximate surface area is 169 Å². The molecule has 3 heterocycles. The van der Waals surface area contributed by atoms with E-state index >= 15 is 0 Å². The lowest BCUT2D eigenvalue weighted by Gasteiger charge is -2.38. The zero-order valence-corrected chi connectivity index (χ0v) is 17.4. The molecule has 0 spiro atoms. The number of carbonyl (C=O) groups excluding carboxylic acids is 1. The highest BCUT2D eigenvalue weighted by Crippen LogP contribution is 2.40. The van der Waals surface area contributed by atoms with Gasteiger partial charge in [0.15, 0.2) is 0 Å². The highest BCUT2D eigenvalue weighted by atomic mass is 79.9. The zero-order chi connectivity index (χ0) is 19.0. The predicted molar refractivity (Wildman–Crippen MR) is 112 cm³/mol. The molecule has 2 bridgehead atoms. The molecule has 3 atom stereocenters. The van der Waals surface area contributed by atoms with Crippen LogP contribution in [-0.2, 0) is 0 Å². The number of aromatic nitrogens is 1. The highest BCUT2D eigenvalue weighted by Gasteiger charge is 2.39. The molecule has 5 heteroatoms. The van der Waals surface area contributed by atoms with Gasteiger partial charge in [0.2, 0.25) is 0 Å². The van der Waals surface area contributed by atoms with Crippen molar-refractivity contribution in [3.8, 4) is 0 Å². The van der Waals surface area contributed by atoms with Crippen LogP contribution in [0.4, 0.5) is 5.82 Å². The van der Waals surface area contributed by atoms with Crippen LogP contribution >= 0.6 is 15.9 Å². The number of carbonyl (C=O) groups is 1. The second kappa shape index (κ2) is 7.63. The van der Waals surface area contributed by atoms with Gasteiger partial charge >= 0.3 is 0 Å². The number of anilines is 1. The van der Waals surface area contributed by atoms with E-state index in [4.69, 9.17) is 0 Å². The standard InChI is InChI=1S/C22H26BrN3O/c1-14-11-19-8-9-20(12-14)26(19)21-10-5-17(13-24-21)22(27)25-15(2)16-3-6-18(23)7-4-16/h3-7,10,13-15,19-20H,8-9,11-12H2,1-2H3,(H,25,27). The van der Waals surface area contributed by atoms with Gasteiger partial charge in [0.25, 0.3) is 5.91 Å². The largest absolute Gasteiger partial charge is 0.351 e. The molecule has 1 N–H and O–H groups in total. The summed E-state index contributed by atoms with van der Waals surface area (Å²) in [7, 11) is 0. The lowest BCUT2D eigenvalue weighted by molar-refractivity contribution is 0.0939. The number of hydrogen-bond donors (Lipinski definition) is 1. The van der Waals surface area contributed by atoms with Crippen molar-refractivity contribution in [2.45, 2.75) is 57.7 Å². The Bertz CT molecular complexity index is 791. The van der Waals surface area contributed by atoms with Gasteiger partial charge in [-0.1, -0.05) is 35.0 Å². The first-order valence-electron chi connectivity index (χ1n) is 9.82. The number of halogens is 1. The number of piperidine rings is 1. The molecule has 27 heavy (non-hydrogen) atoms. The minimum atomic E-state index is -0.0836. The quantitative estimate of drug-likeness (QED) is 0.737. The molecule has 0 aliphatic carbocycles. The predicted octanol–water partition coefficient (Wildman–Crippen LogP) is 5.10. The Morgan fingerprint density at radius 2 is 1.81 bits per heavy atom. The molecule has 1 aromatic carbocycles. The summed E-state index contributed by atoms with van der Waals surface area (Å²) >= 11 is 3.44. The van der Waals surface area contributed by atoms with Gasteiger partial charge in [-0.25, -0.2) is 4.98 Å². The first-order valence-corrected chi connectivity index (χ1v) is 10.6. The average Bonchev–Trinajstić information content (AvgIpc) is 2.93. The molecule has 2 aliphatic rings. The maximum Gasteiger partial charge on any atom is 0.253 e. The minimum absolute atomic E-state index is 0.0512. The van der Waals surface area contributed by atoms with Crippen molar-refractivity contribution in [3.05, 3.63) is 58.2 Å². The summed E-state index contributed by atoms with van der Waals surface area (Å²) in [5, 5.41) is 3.06. The van der Waals surface area contributed by atoms with Crippen LogP contribution < -0.4 is 10.2 Å². The summed E-state index contributed by atoms with van der Waals surface area (Å²) in [6, 6.07) is 13.1. The molecule has 142 valence electrons. The number of hydrogen-bond acceptors (Lipinski definition) is 3. The molecule has 4 nitrogen and oxygen atoms in total. The van der Waals surface area contributed by atoms with Gasteiger partial charge in [-0.15, -0.1) is 0 Å². The van der Waals surface area contributed by atoms with Crippen LogP contribution in [0.15, 0.2) is 47.1 Å². The van der Waals surface area contributed by atoms with Crippen molar-refractivity contribution in [2.24, 2.45) is 5.92 Å². The molecule has 1 amide bonds. The van der Waals surface area contributed by atoms with Gasteiger partial charge in [0.1, 0.15) is 5.82 Å². The maximum absolute atomic E-state index is 12.6. The van der Waals surface area contributed by atoms with E-state index in [-0.39, 0.29) is 11.9 Å². The number of benzene rings is 1. The molecule has 0 saturated carbocycles. The lowest BCUT2D eigenvalue weighted by atomic mass is 9.92.